The van der Waals surface area contributed by atoms with Crippen LogP contribution in [0.3, 0.4) is 0 Å². The first-order valence-electron chi connectivity index (χ1n) is 5.62. The van der Waals surface area contributed by atoms with Gasteiger partial charge in [-0.1, -0.05) is 24.3 Å². The fraction of sp³-hybridized carbons (Fsp3) is 0. The van der Waals surface area contributed by atoms with Gasteiger partial charge in [-0.2, -0.15) is 0 Å². The minimum absolute atomic E-state index is 0.174. The van der Waals surface area contributed by atoms with Crippen molar-refractivity contribution in [3.05, 3.63) is 54.7 Å². The molecule has 1 aromatic heterocycles. The molecule has 0 bridgehead atoms. The van der Waals surface area contributed by atoms with Crippen molar-refractivity contribution < 1.29 is 10.2 Å². The molecule has 0 unspecified atom stereocenters. The molecule has 18 heavy (non-hydrogen) atoms. The van der Waals surface area contributed by atoms with Crippen LogP contribution in [0.2, 0.25) is 0 Å². The second-order valence-electron chi connectivity index (χ2n) is 4.08. The molecule has 3 nitrogen and oxygen atoms in total. The Morgan fingerprint density at radius 2 is 1.44 bits per heavy atom. The zero-order valence-electron chi connectivity index (χ0n) is 9.54. The van der Waals surface area contributed by atoms with Gasteiger partial charge in [0, 0.05) is 16.3 Å². The van der Waals surface area contributed by atoms with Crippen molar-refractivity contribution in [2.75, 3.05) is 0 Å². The standard InChI is InChI=1S/C15H11NO2/c17-11-7-5-10(6-8-11)15-13-4-2-1-3-12(13)14(18)9-16-15/h1-9,17-18H. The van der Waals surface area contributed by atoms with E-state index in [-0.39, 0.29) is 11.5 Å². The zero-order valence-corrected chi connectivity index (χ0v) is 9.54. The molecule has 0 spiro atoms. The van der Waals surface area contributed by atoms with Crippen LogP contribution in [0.1, 0.15) is 0 Å². The van der Waals surface area contributed by atoms with Crippen LogP contribution in [0.15, 0.2) is 54.7 Å². The van der Waals surface area contributed by atoms with Crippen LogP contribution in [0.4, 0.5) is 0 Å². The van der Waals surface area contributed by atoms with Gasteiger partial charge in [0.1, 0.15) is 11.5 Å². The molecule has 0 amide bonds. The third kappa shape index (κ3) is 1.66. The van der Waals surface area contributed by atoms with Crippen LogP contribution in [0.5, 0.6) is 11.5 Å². The van der Waals surface area contributed by atoms with Crippen LogP contribution in [-0.2, 0) is 0 Å². The third-order valence-corrected chi connectivity index (χ3v) is 2.91. The molecule has 3 heteroatoms. The molecule has 0 fully saturated rings. The second-order valence-corrected chi connectivity index (χ2v) is 4.08. The van der Waals surface area contributed by atoms with E-state index < -0.39 is 0 Å². The van der Waals surface area contributed by atoms with E-state index in [1.165, 1.54) is 6.20 Å². The SMILES string of the molecule is Oc1ccc(-c2ncc(O)c3ccccc23)cc1. The van der Waals surface area contributed by atoms with Gasteiger partial charge in [-0.3, -0.25) is 4.98 Å². The number of nitrogens with zero attached hydrogens (tertiary/aromatic N) is 1. The molecular formula is C15H11NO2. The zero-order chi connectivity index (χ0) is 12.5. The molecule has 0 atom stereocenters. The summed E-state index contributed by atoms with van der Waals surface area (Å²) < 4.78 is 0. The minimum atomic E-state index is 0.174. The summed E-state index contributed by atoms with van der Waals surface area (Å²) in [5, 5.41) is 20.8. The normalized spacial score (nSPS) is 10.7. The molecule has 0 saturated carbocycles. The number of hydrogen-bond donors (Lipinski definition) is 2. The third-order valence-electron chi connectivity index (χ3n) is 2.91. The highest BCUT2D eigenvalue weighted by atomic mass is 16.3. The Morgan fingerprint density at radius 3 is 2.17 bits per heavy atom. The summed E-state index contributed by atoms with van der Waals surface area (Å²) in [6.07, 6.45) is 1.45. The Kier molecular flexibility index (Phi) is 2.38. The van der Waals surface area contributed by atoms with Crippen molar-refractivity contribution >= 4 is 10.8 Å². The van der Waals surface area contributed by atoms with Gasteiger partial charge in [0.05, 0.1) is 11.9 Å². The van der Waals surface area contributed by atoms with Crippen molar-refractivity contribution in [2.24, 2.45) is 0 Å². The molecule has 2 aromatic carbocycles. The number of benzene rings is 2. The van der Waals surface area contributed by atoms with Crippen molar-refractivity contribution in [1.29, 1.82) is 0 Å². The summed E-state index contributed by atoms with van der Waals surface area (Å²) >= 11 is 0. The van der Waals surface area contributed by atoms with Gasteiger partial charge < -0.3 is 10.2 Å². The van der Waals surface area contributed by atoms with E-state index in [0.717, 1.165) is 22.0 Å². The van der Waals surface area contributed by atoms with Crippen molar-refractivity contribution in [3.63, 3.8) is 0 Å². The first kappa shape index (κ1) is 10.6. The summed E-state index contributed by atoms with van der Waals surface area (Å²) in [7, 11) is 0. The van der Waals surface area contributed by atoms with Crippen molar-refractivity contribution in [1.82, 2.24) is 4.98 Å². The Bertz CT molecular complexity index is 705. The maximum atomic E-state index is 9.78. The van der Waals surface area contributed by atoms with E-state index in [9.17, 15) is 10.2 Å². The Morgan fingerprint density at radius 1 is 0.778 bits per heavy atom. The number of phenols is 1. The van der Waals surface area contributed by atoms with E-state index >= 15 is 0 Å². The van der Waals surface area contributed by atoms with Gasteiger partial charge in [0.25, 0.3) is 0 Å². The van der Waals surface area contributed by atoms with Gasteiger partial charge in [-0.15, -0.1) is 0 Å². The maximum Gasteiger partial charge on any atom is 0.141 e. The van der Waals surface area contributed by atoms with Crippen LogP contribution >= 0.6 is 0 Å². The molecular weight excluding hydrogens is 226 g/mol. The van der Waals surface area contributed by atoms with Crippen LogP contribution in [0.25, 0.3) is 22.0 Å². The Hall–Kier alpha value is -2.55. The number of pyridine rings is 1. The highest BCUT2D eigenvalue weighted by Crippen LogP contribution is 2.31. The summed E-state index contributed by atoms with van der Waals surface area (Å²) in [4.78, 5) is 4.27. The van der Waals surface area contributed by atoms with Crippen molar-refractivity contribution in [2.45, 2.75) is 0 Å². The van der Waals surface area contributed by atoms with E-state index in [2.05, 4.69) is 4.98 Å². The van der Waals surface area contributed by atoms with E-state index in [0.29, 0.717) is 0 Å². The van der Waals surface area contributed by atoms with Crippen LogP contribution in [-0.4, -0.2) is 15.2 Å². The number of phenolic OH excluding ortho intramolecular Hbond substituents is 1. The summed E-state index contributed by atoms with van der Waals surface area (Å²) in [6.45, 7) is 0. The highest BCUT2D eigenvalue weighted by Gasteiger charge is 2.08. The number of aromatic hydroxyl groups is 2. The van der Waals surface area contributed by atoms with Crippen molar-refractivity contribution in [3.8, 4) is 22.8 Å². The molecule has 3 aromatic rings. The maximum absolute atomic E-state index is 9.78. The molecule has 0 aliphatic carbocycles. The summed E-state index contributed by atoms with van der Waals surface area (Å²) in [5.74, 6) is 0.398. The lowest BCUT2D eigenvalue weighted by Crippen LogP contribution is -1.86. The first-order chi connectivity index (χ1) is 8.75. The average Bonchev–Trinajstić information content (AvgIpc) is 2.41. The molecule has 3 rings (SSSR count). The fourth-order valence-electron chi connectivity index (χ4n) is 2.03. The number of fused-ring (bicyclic) bond motifs is 1. The van der Waals surface area contributed by atoms with E-state index in [1.54, 1.807) is 24.3 Å². The Balaban J connectivity index is 2.30. The van der Waals surface area contributed by atoms with Gasteiger partial charge in [-0.05, 0) is 24.3 Å². The number of aromatic nitrogens is 1. The van der Waals surface area contributed by atoms with Gasteiger partial charge in [0.2, 0.25) is 0 Å². The molecule has 0 aliphatic rings. The largest absolute Gasteiger partial charge is 0.508 e. The second kappa shape index (κ2) is 4.04. The predicted octanol–water partition coefficient (Wildman–Crippen LogP) is 3.31. The molecule has 0 saturated heterocycles. The Labute approximate surface area is 104 Å². The van der Waals surface area contributed by atoms with Gasteiger partial charge in [0.15, 0.2) is 0 Å². The monoisotopic (exact) mass is 237 g/mol. The molecule has 0 radical (unpaired) electrons. The molecule has 1 heterocycles. The van der Waals surface area contributed by atoms with Gasteiger partial charge >= 0.3 is 0 Å². The molecule has 2 N–H and O–H groups in total. The lowest BCUT2D eigenvalue weighted by atomic mass is 10.0. The predicted molar refractivity (Wildman–Crippen MR) is 70.5 cm³/mol. The van der Waals surface area contributed by atoms with Crippen LogP contribution < -0.4 is 0 Å². The number of hydrogen-bond acceptors (Lipinski definition) is 3. The topological polar surface area (TPSA) is 53.4 Å². The number of rotatable bonds is 1. The van der Waals surface area contributed by atoms with E-state index in [1.807, 2.05) is 24.3 Å². The fourth-order valence-corrected chi connectivity index (χ4v) is 2.03. The van der Waals surface area contributed by atoms with Gasteiger partial charge in [-0.25, -0.2) is 0 Å². The average molecular weight is 237 g/mol. The molecule has 88 valence electrons. The minimum Gasteiger partial charge on any atom is -0.508 e. The summed E-state index contributed by atoms with van der Waals surface area (Å²) in [5.41, 5.74) is 1.70. The summed E-state index contributed by atoms with van der Waals surface area (Å²) in [6, 6.07) is 14.4. The quantitative estimate of drug-likeness (QED) is 0.682. The van der Waals surface area contributed by atoms with E-state index in [4.69, 9.17) is 0 Å². The van der Waals surface area contributed by atoms with Crippen LogP contribution in [0, 0.1) is 0 Å². The lowest BCUT2D eigenvalue weighted by molar-refractivity contribution is 0.475. The smallest absolute Gasteiger partial charge is 0.141 e. The first-order valence-corrected chi connectivity index (χ1v) is 5.62. The lowest BCUT2D eigenvalue weighted by Gasteiger charge is -2.07. The molecule has 0 aliphatic heterocycles. The highest BCUT2D eigenvalue weighted by molar-refractivity contribution is 5.97.